The summed E-state index contributed by atoms with van der Waals surface area (Å²) in [5.41, 5.74) is 3.12. The quantitative estimate of drug-likeness (QED) is 0.886. The van der Waals surface area contributed by atoms with Crippen molar-refractivity contribution in [3.05, 3.63) is 46.3 Å². The van der Waals surface area contributed by atoms with Crippen molar-refractivity contribution < 1.29 is 8.78 Å². The van der Waals surface area contributed by atoms with Crippen LogP contribution in [-0.2, 0) is 0 Å². The van der Waals surface area contributed by atoms with Gasteiger partial charge in [0.25, 0.3) is 0 Å². The Morgan fingerprint density at radius 3 is 2.42 bits per heavy atom. The number of aromatic amines is 1. The van der Waals surface area contributed by atoms with Crippen LogP contribution >= 0.6 is 0 Å². The number of benzene rings is 1. The van der Waals surface area contributed by atoms with Crippen molar-refractivity contribution in [2.24, 2.45) is 0 Å². The third kappa shape index (κ3) is 2.59. The maximum Gasteiger partial charge on any atom is 0.128 e. The Morgan fingerprint density at radius 2 is 1.84 bits per heavy atom. The lowest BCUT2D eigenvalue weighted by Crippen LogP contribution is -2.10. The fourth-order valence-electron chi connectivity index (χ4n) is 2.05. The zero-order valence-corrected chi connectivity index (χ0v) is 11.4. The topological polar surface area (TPSA) is 40.7 Å². The summed E-state index contributed by atoms with van der Waals surface area (Å²) >= 11 is 0. The molecule has 0 bridgehead atoms. The van der Waals surface area contributed by atoms with Crippen LogP contribution in [0.1, 0.15) is 35.5 Å². The van der Waals surface area contributed by atoms with Gasteiger partial charge in [-0.1, -0.05) is 0 Å². The van der Waals surface area contributed by atoms with E-state index in [2.05, 4.69) is 15.5 Å². The molecular weight excluding hydrogens is 248 g/mol. The normalized spacial score (nSPS) is 12.5. The van der Waals surface area contributed by atoms with Gasteiger partial charge in [-0.25, -0.2) is 8.78 Å². The van der Waals surface area contributed by atoms with Crippen LogP contribution in [0.25, 0.3) is 0 Å². The molecule has 0 aliphatic carbocycles. The van der Waals surface area contributed by atoms with Crippen LogP contribution in [0, 0.1) is 32.4 Å². The number of aryl methyl sites for hydroxylation is 3. The number of halogens is 2. The van der Waals surface area contributed by atoms with Crippen LogP contribution < -0.4 is 5.32 Å². The summed E-state index contributed by atoms with van der Waals surface area (Å²) in [6, 6.07) is 2.12. The van der Waals surface area contributed by atoms with Crippen LogP contribution in [-0.4, -0.2) is 10.2 Å². The standard InChI is InChI=1S/C14H17F2N3/c1-7-5-13(16)11(6-12(7)15)8(2)17-14-9(3)18-19-10(14)4/h5-6,8,17H,1-4H3,(H,18,19). The van der Waals surface area contributed by atoms with Gasteiger partial charge in [-0.3, -0.25) is 5.10 Å². The maximum absolute atomic E-state index is 13.9. The zero-order valence-electron chi connectivity index (χ0n) is 11.4. The second-order valence-electron chi connectivity index (χ2n) is 4.80. The Bertz CT molecular complexity index is 585. The fourth-order valence-corrected chi connectivity index (χ4v) is 2.05. The van der Waals surface area contributed by atoms with Gasteiger partial charge in [0.2, 0.25) is 0 Å². The van der Waals surface area contributed by atoms with Gasteiger partial charge in [0.15, 0.2) is 0 Å². The Hall–Kier alpha value is -1.91. The third-order valence-electron chi connectivity index (χ3n) is 3.23. The zero-order chi connectivity index (χ0) is 14.2. The van der Waals surface area contributed by atoms with Crippen LogP contribution in [0.4, 0.5) is 14.5 Å². The highest BCUT2D eigenvalue weighted by atomic mass is 19.1. The van der Waals surface area contributed by atoms with Crippen LogP contribution in [0.2, 0.25) is 0 Å². The van der Waals surface area contributed by atoms with Crippen molar-refractivity contribution >= 4 is 5.69 Å². The van der Waals surface area contributed by atoms with E-state index < -0.39 is 11.6 Å². The number of anilines is 1. The number of aromatic nitrogens is 2. The molecule has 102 valence electrons. The summed E-state index contributed by atoms with van der Waals surface area (Å²) in [5, 5.41) is 10.1. The molecule has 2 aromatic rings. The van der Waals surface area contributed by atoms with Crippen molar-refractivity contribution in [2.45, 2.75) is 33.7 Å². The molecule has 2 rings (SSSR count). The summed E-state index contributed by atoms with van der Waals surface area (Å²) in [6.07, 6.45) is 0. The van der Waals surface area contributed by atoms with E-state index >= 15 is 0 Å². The van der Waals surface area contributed by atoms with Crippen molar-refractivity contribution in [1.29, 1.82) is 0 Å². The van der Waals surface area contributed by atoms with Crippen LogP contribution in [0.5, 0.6) is 0 Å². The smallest absolute Gasteiger partial charge is 0.128 e. The average Bonchev–Trinajstić information content (AvgIpc) is 2.65. The Morgan fingerprint density at radius 1 is 1.16 bits per heavy atom. The predicted octanol–water partition coefficient (Wildman–Crippen LogP) is 3.79. The highest BCUT2D eigenvalue weighted by molar-refractivity contribution is 5.53. The predicted molar refractivity (Wildman–Crippen MR) is 71.2 cm³/mol. The summed E-state index contributed by atoms with van der Waals surface area (Å²) < 4.78 is 27.4. The highest BCUT2D eigenvalue weighted by Gasteiger charge is 2.16. The first-order chi connectivity index (χ1) is 8.90. The SMILES string of the molecule is Cc1cc(F)c(C(C)Nc2c(C)n[nH]c2C)cc1F. The molecular formula is C14H17F2N3. The summed E-state index contributed by atoms with van der Waals surface area (Å²) in [4.78, 5) is 0. The van der Waals surface area contributed by atoms with E-state index in [9.17, 15) is 8.78 Å². The fraction of sp³-hybridized carbons (Fsp3) is 0.357. The van der Waals surface area contributed by atoms with Crippen molar-refractivity contribution in [3.63, 3.8) is 0 Å². The van der Waals surface area contributed by atoms with Crippen molar-refractivity contribution in [3.8, 4) is 0 Å². The average molecular weight is 265 g/mol. The molecule has 0 saturated carbocycles. The van der Waals surface area contributed by atoms with Gasteiger partial charge < -0.3 is 5.32 Å². The van der Waals surface area contributed by atoms with Gasteiger partial charge in [-0.2, -0.15) is 5.10 Å². The third-order valence-corrected chi connectivity index (χ3v) is 3.23. The number of nitrogens with one attached hydrogen (secondary N) is 2. The Labute approximate surface area is 111 Å². The molecule has 1 atom stereocenters. The molecule has 2 N–H and O–H groups in total. The molecule has 5 heteroatoms. The molecule has 0 saturated heterocycles. The second kappa shape index (κ2) is 4.99. The molecule has 0 aliphatic heterocycles. The maximum atomic E-state index is 13.9. The molecule has 3 nitrogen and oxygen atoms in total. The minimum Gasteiger partial charge on any atom is -0.375 e. The highest BCUT2D eigenvalue weighted by Crippen LogP contribution is 2.26. The van der Waals surface area contributed by atoms with Gasteiger partial charge in [-0.05, 0) is 45.4 Å². The number of nitrogens with zero attached hydrogens (tertiary/aromatic N) is 1. The van der Waals surface area contributed by atoms with E-state index in [0.29, 0.717) is 11.1 Å². The number of H-pyrrole nitrogens is 1. The second-order valence-corrected chi connectivity index (χ2v) is 4.80. The Kier molecular flexibility index (Phi) is 3.55. The summed E-state index contributed by atoms with van der Waals surface area (Å²) in [6.45, 7) is 7.06. The van der Waals surface area contributed by atoms with Gasteiger partial charge in [-0.15, -0.1) is 0 Å². The van der Waals surface area contributed by atoms with Crippen molar-refractivity contribution in [2.75, 3.05) is 5.32 Å². The molecule has 0 aliphatic rings. The largest absolute Gasteiger partial charge is 0.375 e. The van der Waals surface area contributed by atoms with E-state index in [4.69, 9.17) is 0 Å². The number of hydrogen-bond acceptors (Lipinski definition) is 2. The molecule has 0 fully saturated rings. The molecule has 1 heterocycles. The summed E-state index contributed by atoms with van der Waals surface area (Å²) in [7, 11) is 0. The molecule has 0 amide bonds. The van der Waals surface area contributed by atoms with Crippen molar-refractivity contribution in [1.82, 2.24) is 10.2 Å². The van der Waals surface area contributed by atoms with E-state index in [0.717, 1.165) is 17.1 Å². The van der Waals surface area contributed by atoms with E-state index in [1.165, 1.54) is 12.1 Å². The first kappa shape index (κ1) is 13.5. The molecule has 19 heavy (non-hydrogen) atoms. The molecule has 0 spiro atoms. The summed E-state index contributed by atoms with van der Waals surface area (Å²) in [5.74, 6) is -0.802. The molecule has 1 unspecified atom stereocenters. The Balaban J connectivity index is 2.30. The number of rotatable bonds is 3. The minimum absolute atomic E-state index is 0.308. The van der Waals surface area contributed by atoms with E-state index in [1.807, 2.05) is 13.8 Å². The first-order valence-electron chi connectivity index (χ1n) is 6.13. The monoisotopic (exact) mass is 265 g/mol. The first-order valence-corrected chi connectivity index (χ1v) is 6.13. The molecule has 1 aromatic carbocycles. The van der Waals surface area contributed by atoms with E-state index in [-0.39, 0.29) is 6.04 Å². The lowest BCUT2D eigenvalue weighted by atomic mass is 10.0. The van der Waals surface area contributed by atoms with Gasteiger partial charge in [0, 0.05) is 5.56 Å². The minimum atomic E-state index is -0.405. The van der Waals surface area contributed by atoms with Gasteiger partial charge in [0.1, 0.15) is 11.6 Å². The van der Waals surface area contributed by atoms with Crippen LogP contribution in [0.3, 0.4) is 0 Å². The van der Waals surface area contributed by atoms with Gasteiger partial charge >= 0.3 is 0 Å². The lowest BCUT2D eigenvalue weighted by molar-refractivity contribution is 0.571. The van der Waals surface area contributed by atoms with Crippen LogP contribution in [0.15, 0.2) is 12.1 Å². The lowest BCUT2D eigenvalue weighted by Gasteiger charge is -2.17. The van der Waals surface area contributed by atoms with Gasteiger partial charge in [0.05, 0.1) is 23.1 Å². The van der Waals surface area contributed by atoms with E-state index in [1.54, 1.807) is 13.8 Å². The number of hydrogen-bond donors (Lipinski definition) is 2. The molecule has 1 aromatic heterocycles. The molecule has 0 radical (unpaired) electrons.